The molecule has 1 aliphatic carbocycles. The minimum absolute atomic E-state index is 0.425. The lowest BCUT2D eigenvalue weighted by molar-refractivity contribution is 0.205. The zero-order valence-corrected chi connectivity index (χ0v) is 11.8. The Kier molecular flexibility index (Phi) is 5.24. The second-order valence-corrected chi connectivity index (χ2v) is 5.61. The topological polar surface area (TPSA) is 40.7 Å². The van der Waals surface area contributed by atoms with Crippen LogP contribution in [-0.2, 0) is 0 Å². The number of nitrogens with zero attached hydrogens (tertiary/aromatic N) is 1. The molecule has 0 saturated heterocycles. The molecule has 0 radical (unpaired) electrons. The highest BCUT2D eigenvalue weighted by molar-refractivity contribution is 4.99. The first-order chi connectivity index (χ1) is 8.85. The van der Waals surface area contributed by atoms with Gasteiger partial charge in [-0.2, -0.15) is 0 Å². The van der Waals surface area contributed by atoms with Crippen molar-refractivity contribution in [3.05, 3.63) is 18.2 Å². The second kappa shape index (κ2) is 6.93. The minimum atomic E-state index is 0.425. The summed E-state index contributed by atoms with van der Waals surface area (Å²) in [7, 11) is 0. The number of hydrogen-bond donors (Lipinski definition) is 2. The average molecular weight is 249 g/mol. The summed E-state index contributed by atoms with van der Waals surface area (Å²) < 4.78 is 0. The lowest BCUT2D eigenvalue weighted by Crippen LogP contribution is -2.33. The molecule has 0 aromatic carbocycles. The Bertz CT molecular complexity index is 320. The van der Waals surface area contributed by atoms with Gasteiger partial charge in [-0.1, -0.05) is 33.1 Å². The van der Waals surface area contributed by atoms with Crippen LogP contribution in [-0.4, -0.2) is 16.5 Å². The van der Waals surface area contributed by atoms with E-state index in [0.29, 0.717) is 6.04 Å². The minimum Gasteiger partial charge on any atom is -0.347 e. The molecule has 18 heavy (non-hydrogen) atoms. The van der Waals surface area contributed by atoms with Crippen molar-refractivity contribution in [1.82, 2.24) is 15.3 Å². The van der Waals surface area contributed by atoms with Gasteiger partial charge in [0.1, 0.15) is 5.82 Å². The molecule has 1 aliphatic rings. The molecule has 3 atom stereocenters. The number of nitrogens with one attached hydrogen (secondary N) is 2. The van der Waals surface area contributed by atoms with Gasteiger partial charge in [0.2, 0.25) is 0 Å². The van der Waals surface area contributed by atoms with E-state index in [9.17, 15) is 0 Å². The van der Waals surface area contributed by atoms with Crippen LogP contribution in [0.25, 0.3) is 0 Å². The maximum absolute atomic E-state index is 4.48. The van der Waals surface area contributed by atoms with E-state index in [1.165, 1.54) is 38.5 Å². The van der Waals surface area contributed by atoms with Crippen LogP contribution in [0.3, 0.4) is 0 Å². The van der Waals surface area contributed by atoms with Crippen LogP contribution in [0.1, 0.15) is 64.2 Å². The van der Waals surface area contributed by atoms with Crippen LogP contribution in [0.2, 0.25) is 0 Å². The van der Waals surface area contributed by atoms with Crippen LogP contribution < -0.4 is 5.32 Å². The molecular formula is C15H27N3. The summed E-state index contributed by atoms with van der Waals surface area (Å²) in [5, 5.41) is 3.69. The van der Waals surface area contributed by atoms with Gasteiger partial charge in [0.25, 0.3) is 0 Å². The molecule has 3 heteroatoms. The van der Waals surface area contributed by atoms with Crippen molar-refractivity contribution in [3.63, 3.8) is 0 Å². The normalized spacial score (nSPS) is 26.1. The molecule has 1 saturated carbocycles. The van der Waals surface area contributed by atoms with Gasteiger partial charge in [-0.05, 0) is 37.6 Å². The van der Waals surface area contributed by atoms with E-state index in [4.69, 9.17) is 0 Å². The van der Waals surface area contributed by atoms with Crippen LogP contribution in [0.5, 0.6) is 0 Å². The van der Waals surface area contributed by atoms with Gasteiger partial charge in [-0.15, -0.1) is 0 Å². The van der Waals surface area contributed by atoms with Crippen molar-refractivity contribution < 1.29 is 0 Å². The third kappa shape index (κ3) is 3.35. The van der Waals surface area contributed by atoms with Gasteiger partial charge in [0.15, 0.2) is 0 Å². The first kappa shape index (κ1) is 13.6. The monoisotopic (exact) mass is 249 g/mol. The van der Waals surface area contributed by atoms with E-state index in [0.717, 1.165) is 24.2 Å². The van der Waals surface area contributed by atoms with Crippen molar-refractivity contribution in [3.8, 4) is 0 Å². The van der Waals surface area contributed by atoms with Gasteiger partial charge < -0.3 is 10.3 Å². The van der Waals surface area contributed by atoms with Crippen molar-refractivity contribution in [2.75, 3.05) is 6.54 Å². The van der Waals surface area contributed by atoms with E-state index < -0.39 is 0 Å². The van der Waals surface area contributed by atoms with Crippen LogP contribution in [0.4, 0.5) is 0 Å². The number of hydrogen-bond acceptors (Lipinski definition) is 2. The molecule has 1 heterocycles. The number of aromatic amines is 1. The summed E-state index contributed by atoms with van der Waals surface area (Å²) in [5.41, 5.74) is 0. The van der Waals surface area contributed by atoms with E-state index in [-0.39, 0.29) is 0 Å². The number of imidazole rings is 1. The average Bonchev–Trinajstić information content (AvgIpc) is 2.93. The zero-order valence-electron chi connectivity index (χ0n) is 11.8. The highest BCUT2D eigenvalue weighted by Crippen LogP contribution is 2.37. The summed E-state index contributed by atoms with van der Waals surface area (Å²) >= 11 is 0. The molecule has 1 fully saturated rings. The van der Waals surface area contributed by atoms with Crippen LogP contribution >= 0.6 is 0 Å². The fourth-order valence-corrected chi connectivity index (χ4v) is 3.24. The lowest BCUT2D eigenvalue weighted by atomic mass is 9.76. The number of aromatic nitrogens is 2. The highest BCUT2D eigenvalue weighted by atomic mass is 15.0. The molecule has 3 nitrogen and oxygen atoms in total. The zero-order chi connectivity index (χ0) is 12.8. The number of rotatable bonds is 6. The largest absolute Gasteiger partial charge is 0.347 e. The van der Waals surface area contributed by atoms with Crippen molar-refractivity contribution in [2.24, 2.45) is 11.8 Å². The highest BCUT2D eigenvalue weighted by Gasteiger charge is 2.29. The third-order valence-electron chi connectivity index (χ3n) is 4.30. The van der Waals surface area contributed by atoms with E-state index >= 15 is 0 Å². The van der Waals surface area contributed by atoms with Gasteiger partial charge in [-0.3, -0.25) is 0 Å². The standard InChI is InChI=1S/C15H27N3/c1-3-8-16-14(15-17-9-10-18-15)13-7-5-6-12(4-2)11-13/h9-10,12-14,16H,3-8,11H2,1-2H3,(H,17,18). The summed E-state index contributed by atoms with van der Waals surface area (Å²) in [6.45, 7) is 5.63. The van der Waals surface area contributed by atoms with Gasteiger partial charge in [0.05, 0.1) is 6.04 Å². The molecule has 1 aromatic rings. The lowest BCUT2D eigenvalue weighted by Gasteiger charge is -2.34. The maximum atomic E-state index is 4.48. The first-order valence-corrected chi connectivity index (χ1v) is 7.57. The van der Waals surface area contributed by atoms with Gasteiger partial charge in [-0.25, -0.2) is 4.98 Å². The Morgan fingerprint density at radius 2 is 2.33 bits per heavy atom. The molecule has 0 spiro atoms. The molecule has 0 bridgehead atoms. The van der Waals surface area contributed by atoms with Crippen molar-refractivity contribution in [2.45, 2.75) is 58.4 Å². The summed E-state index contributed by atoms with van der Waals surface area (Å²) in [4.78, 5) is 7.78. The Balaban J connectivity index is 2.03. The van der Waals surface area contributed by atoms with Crippen LogP contribution in [0.15, 0.2) is 12.4 Å². The second-order valence-electron chi connectivity index (χ2n) is 5.61. The number of H-pyrrole nitrogens is 1. The van der Waals surface area contributed by atoms with E-state index in [1.807, 2.05) is 12.4 Å². The Labute approximate surface area is 111 Å². The van der Waals surface area contributed by atoms with Crippen LogP contribution in [0, 0.1) is 11.8 Å². The summed E-state index contributed by atoms with van der Waals surface area (Å²) in [6.07, 6.45) is 11.8. The van der Waals surface area contributed by atoms with E-state index in [1.54, 1.807) is 0 Å². The summed E-state index contributed by atoms with van der Waals surface area (Å²) in [5.74, 6) is 2.80. The SMILES string of the molecule is CCCNC(c1ncc[nH]1)C1CCCC(CC)C1. The maximum Gasteiger partial charge on any atom is 0.123 e. The molecule has 0 aliphatic heterocycles. The van der Waals surface area contributed by atoms with Crippen molar-refractivity contribution >= 4 is 0 Å². The fraction of sp³-hybridized carbons (Fsp3) is 0.800. The summed E-state index contributed by atoms with van der Waals surface area (Å²) in [6, 6.07) is 0.425. The van der Waals surface area contributed by atoms with Crippen molar-refractivity contribution in [1.29, 1.82) is 0 Å². The molecule has 1 aromatic heterocycles. The smallest absolute Gasteiger partial charge is 0.123 e. The Morgan fingerprint density at radius 3 is 3.00 bits per heavy atom. The Morgan fingerprint density at radius 1 is 1.44 bits per heavy atom. The molecule has 3 unspecified atom stereocenters. The molecule has 0 amide bonds. The fourth-order valence-electron chi connectivity index (χ4n) is 3.24. The predicted molar refractivity (Wildman–Crippen MR) is 75.4 cm³/mol. The molecule has 102 valence electrons. The van der Waals surface area contributed by atoms with Gasteiger partial charge in [0, 0.05) is 12.4 Å². The third-order valence-corrected chi connectivity index (χ3v) is 4.30. The molecule has 2 rings (SSSR count). The van der Waals surface area contributed by atoms with Gasteiger partial charge >= 0.3 is 0 Å². The molecule has 2 N–H and O–H groups in total. The Hall–Kier alpha value is -0.830. The van der Waals surface area contributed by atoms with E-state index in [2.05, 4.69) is 29.1 Å². The first-order valence-electron chi connectivity index (χ1n) is 7.57. The molecular weight excluding hydrogens is 222 g/mol. The predicted octanol–water partition coefficient (Wildman–Crippen LogP) is 3.67. The quantitative estimate of drug-likeness (QED) is 0.807.